The van der Waals surface area contributed by atoms with Gasteiger partial charge in [-0.3, -0.25) is 25.2 Å². The molecule has 2 heterocycles. The number of rotatable bonds is 5. The molecule has 1 fully saturated rings. The molecular formula is C23H21N3O4. The average molecular weight is 403 g/mol. The number of benzene rings is 2. The SMILES string of the molecule is Cc1cc(COc2ccc(CC3(C)C(=O)NC(=O)NC3=O)cc2)c2ccccc2n1. The van der Waals surface area contributed by atoms with E-state index < -0.39 is 23.3 Å². The lowest BCUT2D eigenvalue weighted by Crippen LogP contribution is -2.62. The number of carbonyl (C=O) groups excluding carboxylic acids is 3. The minimum absolute atomic E-state index is 0.173. The number of pyridine rings is 1. The summed E-state index contributed by atoms with van der Waals surface area (Å²) in [7, 11) is 0. The van der Waals surface area contributed by atoms with Crippen LogP contribution in [-0.2, 0) is 22.6 Å². The van der Waals surface area contributed by atoms with E-state index in [0.29, 0.717) is 12.4 Å². The van der Waals surface area contributed by atoms with Gasteiger partial charge in [-0.25, -0.2) is 4.79 Å². The molecule has 1 aliphatic heterocycles. The molecule has 1 aromatic heterocycles. The Kier molecular flexibility index (Phi) is 4.95. The summed E-state index contributed by atoms with van der Waals surface area (Å²) in [5, 5.41) is 5.35. The van der Waals surface area contributed by atoms with Gasteiger partial charge in [-0.2, -0.15) is 0 Å². The predicted molar refractivity (Wildman–Crippen MR) is 111 cm³/mol. The van der Waals surface area contributed by atoms with E-state index in [1.54, 1.807) is 12.1 Å². The highest BCUT2D eigenvalue weighted by atomic mass is 16.5. The average Bonchev–Trinajstić information content (AvgIpc) is 2.71. The van der Waals surface area contributed by atoms with Crippen LogP contribution in [-0.4, -0.2) is 22.8 Å². The Balaban J connectivity index is 1.47. The Morgan fingerprint density at radius 1 is 0.967 bits per heavy atom. The van der Waals surface area contributed by atoms with Crippen LogP contribution in [0, 0.1) is 12.3 Å². The number of aromatic nitrogens is 1. The molecule has 4 rings (SSSR count). The van der Waals surface area contributed by atoms with Gasteiger partial charge >= 0.3 is 6.03 Å². The number of ether oxygens (including phenoxy) is 1. The largest absolute Gasteiger partial charge is 0.489 e. The number of nitrogens with zero attached hydrogens (tertiary/aromatic N) is 1. The highest BCUT2D eigenvalue weighted by Crippen LogP contribution is 2.27. The molecule has 7 nitrogen and oxygen atoms in total. The van der Waals surface area contributed by atoms with Crippen LogP contribution in [0.5, 0.6) is 5.75 Å². The molecule has 0 bridgehead atoms. The third-order valence-corrected chi connectivity index (χ3v) is 5.26. The van der Waals surface area contributed by atoms with Crippen molar-refractivity contribution in [3.63, 3.8) is 0 Å². The fourth-order valence-corrected chi connectivity index (χ4v) is 3.56. The van der Waals surface area contributed by atoms with E-state index in [2.05, 4.69) is 15.6 Å². The number of urea groups is 1. The summed E-state index contributed by atoms with van der Waals surface area (Å²) >= 11 is 0. The summed E-state index contributed by atoms with van der Waals surface area (Å²) in [6.07, 6.45) is 0.173. The normalized spacial score (nSPS) is 15.6. The van der Waals surface area contributed by atoms with Gasteiger partial charge < -0.3 is 4.74 Å². The Morgan fingerprint density at radius 3 is 2.33 bits per heavy atom. The number of hydrogen-bond acceptors (Lipinski definition) is 5. The van der Waals surface area contributed by atoms with Crippen LogP contribution < -0.4 is 15.4 Å². The maximum atomic E-state index is 12.2. The van der Waals surface area contributed by atoms with Crippen LogP contribution in [0.3, 0.4) is 0 Å². The lowest BCUT2D eigenvalue weighted by molar-refractivity contribution is -0.143. The van der Waals surface area contributed by atoms with Crippen LogP contribution >= 0.6 is 0 Å². The molecule has 0 aliphatic carbocycles. The van der Waals surface area contributed by atoms with E-state index in [1.807, 2.05) is 49.4 Å². The fourth-order valence-electron chi connectivity index (χ4n) is 3.56. The van der Waals surface area contributed by atoms with E-state index in [0.717, 1.165) is 27.7 Å². The van der Waals surface area contributed by atoms with Crippen LogP contribution in [0.2, 0.25) is 0 Å². The lowest BCUT2D eigenvalue weighted by Gasteiger charge is -2.30. The predicted octanol–water partition coefficient (Wildman–Crippen LogP) is 3.04. The summed E-state index contributed by atoms with van der Waals surface area (Å²) in [5.74, 6) is -0.525. The van der Waals surface area contributed by atoms with Crippen LogP contribution in [0.15, 0.2) is 54.6 Å². The quantitative estimate of drug-likeness (QED) is 0.638. The molecule has 0 unspecified atom stereocenters. The molecule has 2 N–H and O–H groups in total. The summed E-state index contributed by atoms with van der Waals surface area (Å²) in [5.41, 5.74) is 2.36. The van der Waals surface area contributed by atoms with Crippen molar-refractivity contribution in [3.8, 4) is 5.75 Å². The first-order chi connectivity index (χ1) is 14.3. The molecule has 1 saturated heterocycles. The molecule has 7 heteroatoms. The maximum Gasteiger partial charge on any atom is 0.328 e. The number of hydrogen-bond donors (Lipinski definition) is 2. The molecule has 30 heavy (non-hydrogen) atoms. The van der Waals surface area contributed by atoms with Crippen molar-refractivity contribution < 1.29 is 19.1 Å². The summed E-state index contributed by atoms with van der Waals surface area (Å²) in [6.45, 7) is 3.87. The van der Waals surface area contributed by atoms with E-state index in [4.69, 9.17) is 4.74 Å². The summed E-state index contributed by atoms with van der Waals surface area (Å²) < 4.78 is 5.95. The van der Waals surface area contributed by atoms with Gasteiger partial charge in [-0.05, 0) is 50.1 Å². The van der Waals surface area contributed by atoms with E-state index in [9.17, 15) is 14.4 Å². The monoisotopic (exact) mass is 403 g/mol. The first kappa shape index (κ1) is 19.6. The maximum absolute atomic E-state index is 12.2. The number of imide groups is 2. The highest BCUT2D eigenvalue weighted by Gasteiger charge is 2.46. The summed E-state index contributed by atoms with van der Waals surface area (Å²) in [6, 6.07) is 16.4. The Hall–Kier alpha value is -3.74. The standard InChI is InChI=1S/C23H21N3O4/c1-14-11-16(18-5-3-4-6-19(18)24-14)13-30-17-9-7-15(8-10-17)12-23(2)20(27)25-22(29)26-21(23)28/h3-11H,12-13H2,1-2H3,(H2,25,26,27,28,29). The van der Waals surface area contributed by atoms with Crippen molar-refractivity contribution in [2.24, 2.45) is 5.41 Å². The van der Waals surface area contributed by atoms with E-state index in [1.165, 1.54) is 6.92 Å². The second-order valence-corrected chi connectivity index (χ2v) is 7.62. The Labute approximate surface area is 173 Å². The van der Waals surface area contributed by atoms with Crippen LogP contribution in [0.25, 0.3) is 10.9 Å². The van der Waals surface area contributed by atoms with Crippen molar-refractivity contribution in [1.82, 2.24) is 15.6 Å². The second kappa shape index (κ2) is 7.59. The zero-order chi connectivity index (χ0) is 21.3. The molecule has 0 spiro atoms. The number of nitrogens with one attached hydrogen (secondary N) is 2. The molecule has 0 radical (unpaired) electrons. The van der Waals surface area contributed by atoms with Crippen LogP contribution in [0.4, 0.5) is 4.79 Å². The van der Waals surface area contributed by atoms with Gasteiger partial charge in [-0.15, -0.1) is 0 Å². The minimum Gasteiger partial charge on any atom is -0.489 e. The third-order valence-electron chi connectivity index (χ3n) is 5.26. The van der Waals surface area contributed by atoms with Crippen molar-refractivity contribution in [2.45, 2.75) is 26.9 Å². The number of barbiturate groups is 1. The van der Waals surface area contributed by atoms with Gasteiger partial charge in [0.1, 0.15) is 17.8 Å². The van der Waals surface area contributed by atoms with Crippen molar-refractivity contribution >= 4 is 28.7 Å². The van der Waals surface area contributed by atoms with Gasteiger partial charge in [-0.1, -0.05) is 30.3 Å². The molecule has 1 aliphatic rings. The van der Waals surface area contributed by atoms with Gasteiger partial charge in [0.2, 0.25) is 11.8 Å². The topological polar surface area (TPSA) is 97.4 Å². The minimum atomic E-state index is -1.34. The molecule has 4 amide bonds. The van der Waals surface area contributed by atoms with Crippen LogP contribution in [0.1, 0.15) is 23.7 Å². The Bertz CT molecular complexity index is 1130. The molecule has 0 saturated carbocycles. The van der Waals surface area contributed by atoms with Gasteiger partial charge in [0, 0.05) is 16.6 Å². The fraction of sp³-hybridized carbons (Fsp3) is 0.217. The molecule has 152 valence electrons. The zero-order valence-corrected chi connectivity index (χ0v) is 16.7. The van der Waals surface area contributed by atoms with Gasteiger partial charge in [0.15, 0.2) is 0 Å². The van der Waals surface area contributed by atoms with Crippen molar-refractivity contribution in [3.05, 3.63) is 71.4 Å². The number of carbonyl (C=O) groups is 3. The van der Waals surface area contributed by atoms with E-state index in [-0.39, 0.29) is 6.42 Å². The van der Waals surface area contributed by atoms with Gasteiger partial charge in [0.05, 0.1) is 5.52 Å². The number of amides is 4. The third kappa shape index (κ3) is 3.74. The van der Waals surface area contributed by atoms with Gasteiger partial charge in [0.25, 0.3) is 0 Å². The first-order valence-corrected chi connectivity index (χ1v) is 9.59. The molecular weight excluding hydrogens is 382 g/mol. The first-order valence-electron chi connectivity index (χ1n) is 9.59. The summed E-state index contributed by atoms with van der Waals surface area (Å²) in [4.78, 5) is 40.2. The number of fused-ring (bicyclic) bond motifs is 1. The highest BCUT2D eigenvalue weighted by molar-refractivity contribution is 6.19. The Morgan fingerprint density at radius 2 is 1.63 bits per heavy atom. The molecule has 3 aromatic rings. The lowest BCUT2D eigenvalue weighted by atomic mass is 9.80. The van der Waals surface area contributed by atoms with E-state index >= 15 is 0 Å². The van der Waals surface area contributed by atoms with Crippen molar-refractivity contribution in [1.29, 1.82) is 0 Å². The molecule has 2 aromatic carbocycles. The van der Waals surface area contributed by atoms with Crippen molar-refractivity contribution in [2.75, 3.05) is 0 Å². The zero-order valence-electron chi connectivity index (χ0n) is 16.7. The molecule has 0 atom stereocenters. The number of para-hydroxylation sites is 1. The second-order valence-electron chi connectivity index (χ2n) is 7.62. The smallest absolute Gasteiger partial charge is 0.328 e. The number of aryl methyl sites for hydroxylation is 1.